The quantitative estimate of drug-likeness (QED) is 0.724. The molecule has 0 aromatic heterocycles. The molecule has 0 saturated heterocycles. The summed E-state index contributed by atoms with van der Waals surface area (Å²) in [7, 11) is 0. The smallest absolute Gasteiger partial charge is 0.352 e. The fourth-order valence-electron chi connectivity index (χ4n) is 2.18. The maximum absolute atomic E-state index is 12.4. The lowest BCUT2D eigenvalue weighted by Gasteiger charge is -2.13. The van der Waals surface area contributed by atoms with Crippen LogP contribution in [0.4, 0.5) is 18.9 Å². The molecular weight excluding hydrogens is 413 g/mol. The Morgan fingerprint density at radius 1 is 1.00 bits per heavy atom. The van der Waals surface area contributed by atoms with Gasteiger partial charge in [-0.25, -0.2) is 0 Å². The van der Waals surface area contributed by atoms with Gasteiger partial charge in [-0.3, -0.25) is 9.59 Å². The van der Waals surface area contributed by atoms with Crippen molar-refractivity contribution in [2.24, 2.45) is 0 Å². The van der Waals surface area contributed by atoms with E-state index in [1.54, 1.807) is 12.1 Å². The molecule has 0 fully saturated rings. The molecule has 0 heterocycles. The van der Waals surface area contributed by atoms with Gasteiger partial charge in [0.1, 0.15) is 0 Å². The molecule has 0 bridgehead atoms. The van der Waals surface area contributed by atoms with Gasteiger partial charge in [-0.2, -0.15) is 13.2 Å². The van der Waals surface area contributed by atoms with Crippen molar-refractivity contribution in [3.05, 3.63) is 64.1 Å². The first-order valence-corrected chi connectivity index (χ1v) is 8.52. The number of benzene rings is 2. The monoisotopic (exact) mass is 428 g/mol. The predicted octanol–water partition coefficient (Wildman–Crippen LogP) is 4.20. The number of aryl methyl sites for hydroxylation is 1. The molecule has 138 valence electrons. The Morgan fingerprint density at radius 2 is 1.65 bits per heavy atom. The highest BCUT2D eigenvalue weighted by molar-refractivity contribution is 9.10. The summed E-state index contributed by atoms with van der Waals surface area (Å²) >= 11 is 3.33. The summed E-state index contributed by atoms with van der Waals surface area (Å²) in [6, 6.07) is 13.6. The zero-order valence-corrected chi connectivity index (χ0v) is 15.2. The zero-order chi connectivity index (χ0) is 19.2. The number of amides is 2. The number of hydrogen-bond acceptors (Lipinski definition) is 2. The van der Waals surface area contributed by atoms with Crippen LogP contribution in [-0.2, 0) is 22.6 Å². The summed E-state index contributed by atoms with van der Waals surface area (Å²) in [4.78, 5) is 23.0. The lowest BCUT2D eigenvalue weighted by atomic mass is 10.1. The molecule has 0 aliphatic rings. The molecule has 0 saturated carbocycles. The highest BCUT2D eigenvalue weighted by Gasteiger charge is 2.38. The lowest BCUT2D eigenvalue weighted by Crippen LogP contribution is -2.31. The molecule has 0 atom stereocenters. The minimum atomic E-state index is -4.97. The van der Waals surface area contributed by atoms with Gasteiger partial charge in [0.25, 0.3) is 0 Å². The summed E-state index contributed by atoms with van der Waals surface area (Å²) < 4.78 is 38.1. The van der Waals surface area contributed by atoms with Crippen LogP contribution in [0.15, 0.2) is 53.0 Å². The number of halogens is 4. The third-order valence-corrected chi connectivity index (χ3v) is 4.08. The Labute approximate surface area is 156 Å². The molecule has 2 amide bonds. The maximum atomic E-state index is 12.4. The van der Waals surface area contributed by atoms with E-state index >= 15 is 0 Å². The molecule has 26 heavy (non-hydrogen) atoms. The molecule has 0 spiro atoms. The van der Waals surface area contributed by atoms with Gasteiger partial charge in [0.2, 0.25) is 5.91 Å². The Kier molecular flexibility index (Phi) is 6.79. The van der Waals surface area contributed by atoms with Gasteiger partial charge in [0.05, 0.1) is 0 Å². The molecule has 0 radical (unpaired) electrons. The van der Waals surface area contributed by atoms with Crippen molar-refractivity contribution in [3.8, 4) is 0 Å². The summed E-state index contributed by atoms with van der Waals surface area (Å²) in [5.41, 5.74) is 1.41. The molecule has 0 aliphatic carbocycles. The molecule has 0 unspecified atom stereocenters. The number of carbonyl (C=O) groups is 2. The summed E-state index contributed by atoms with van der Waals surface area (Å²) in [6.45, 7) is 0.0213. The summed E-state index contributed by atoms with van der Waals surface area (Å²) in [5.74, 6) is -2.28. The van der Waals surface area contributed by atoms with E-state index in [9.17, 15) is 22.8 Å². The van der Waals surface area contributed by atoms with E-state index in [1.807, 2.05) is 29.6 Å². The SMILES string of the molecule is O=C(CCc1ccc(Br)cc1)NCc1ccccc1NC(=O)C(F)(F)F. The summed E-state index contributed by atoms with van der Waals surface area (Å²) in [6.07, 6.45) is -4.18. The van der Waals surface area contributed by atoms with Gasteiger partial charge in [-0.05, 0) is 35.7 Å². The van der Waals surface area contributed by atoms with Crippen molar-refractivity contribution in [2.75, 3.05) is 5.32 Å². The van der Waals surface area contributed by atoms with E-state index in [4.69, 9.17) is 0 Å². The third-order valence-electron chi connectivity index (χ3n) is 3.55. The van der Waals surface area contributed by atoms with E-state index in [2.05, 4.69) is 21.2 Å². The van der Waals surface area contributed by atoms with Crippen molar-refractivity contribution in [2.45, 2.75) is 25.6 Å². The normalized spacial score (nSPS) is 11.1. The van der Waals surface area contributed by atoms with E-state index in [0.717, 1.165) is 10.0 Å². The Balaban J connectivity index is 1.89. The first-order valence-electron chi connectivity index (χ1n) is 7.73. The summed E-state index contributed by atoms with van der Waals surface area (Å²) in [5, 5.41) is 4.47. The van der Waals surface area contributed by atoms with E-state index in [-0.39, 0.29) is 24.6 Å². The van der Waals surface area contributed by atoms with Crippen LogP contribution in [0.3, 0.4) is 0 Å². The number of rotatable bonds is 6. The lowest BCUT2D eigenvalue weighted by molar-refractivity contribution is -0.167. The molecular formula is C18H16BrF3N2O2. The average molecular weight is 429 g/mol. The van der Waals surface area contributed by atoms with Crippen molar-refractivity contribution in [1.82, 2.24) is 5.32 Å². The number of alkyl halides is 3. The van der Waals surface area contributed by atoms with Gasteiger partial charge in [-0.1, -0.05) is 46.3 Å². The molecule has 2 rings (SSSR count). The molecule has 8 heteroatoms. The molecule has 0 aliphatic heterocycles. The van der Waals surface area contributed by atoms with Crippen molar-refractivity contribution < 1.29 is 22.8 Å². The number of nitrogens with one attached hydrogen (secondary N) is 2. The van der Waals surface area contributed by atoms with E-state index in [0.29, 0.717) is 12.0 Å². The minimum absolute atomic E-state index is 0.0167. The number of carbonyl (C=O) groups excluding carboxylic acids is 2. The van der Waals surface area contributed by atoms with E-state index in [1.165, 1.54) is 12.1 Å². The van der Waals surface area contributed by atoms with E-state index < -0.39 is 12.1 Å². The number of anilines is 1. The van der Waals surface area contributed by atoms with Crippen molar-refractivity contribution in [1.29, 1.82) is 0 Å². The van der Waals surface area contributed by atoms with Gasteiger partial charge in [0.15, 0.2) is 0 Å². The van der Waals surface area contributed by atoms with Crippen molar-refractivity contribution >= 4 is 33.4 Å². The van der Waals surface area contributed by atoms with Crippen LogP contribution in [0, 0.1) is 0 Å². The fourth-order valence-corrected chi connectivity index (χ4v) is 2.45. The first-order chi connectivity index (χ1) is 12.3. The predicted molar refractivity (Wildman–Crippen MR) is 95.4 cm³/mol. The van der Waals surface area contributed by atoms with Gasteiger partial charge < -0.3 is 10.6 Å². The highest BCUT2D eigenvalue weighted by Crippen LogP contribution is 2.21. The van der Waals surface area contributed by atoms with Crippen LogP contribution < -0.4 is 10.6 Å². The topological polar surface area (TPSA) is 58.2 Å². The highest BCUT2D eigenvalue weighted by atomic mass is 79.9. The fraction of sp³-hybridized carbons (Fsp3) is 0.222. The second-order valence-corrected chi connectivity index (χ2v) is 6.43. The van der Waals surface area contributed by atoms with Gasteiger partial charge >= 0.3 is 12.1 Å². The first kappa shape index (κ1) is 20.0. The van der Waals surface area contributed by atoms with Crippen LogP contribution >= 0.6 is 15.9 Å². The standard InChI is InChI=1S/C18H16BrF3N2O2/c19-14-8-5-12(6-9-14)7-10-16(25)23-11-13-3-1-2-4-15(13)24-17(26)18(20,21)22/h1-6,8-9H,7,10-11H2,(H,23,25)(H,24,26). The Morgan fingerprint density at radius 3 is 2.31 bits per heavy atom. The largest absolute Gasteiger partial charge is 0.471 e. The molecule has 2 aromatic rings. The van der Waals surface area contributed by atoms with Crippen LogP contribution in [-0.4, -0.2) is 18.0 Å². The van der Waals surface area contributed by atoms with Crippen LogP contribution in [0.5, 0.6) is 0 Å². The second-order valence-electron chi connectivity index (χ2n) is 5.51. The van der Waals surface area contributed by atoms with Gasteiger partial charge in [0, 0.05) is 23.1 Å². The van der Waals surface area contributed by atoms with Crippen LogP contribution in [0.2, 0.25) is 0 Å². The average Bonchev–Trinajstić information content (AvgIpc) is 2.59. The second kappa shape index (κ2) is 8.84. The van der Waals surface area contributed by atoms with Gasteiger partial charge in [-0.15, -0.1) is 0 Å². The molecule has 4 nitrogen and oxygen atoms in total. The maximum Gasteiger partial charge on any atom is 0.471 e. The third kappa shape index (κ3) is 6.18. The Bertz CT molecular complexity index is 777. The molecule has 2 aromatic carbocycles. The molecule has 2 N–H and O–H groups in total. The van der Waals surface area contributed by atoms with Crippen LogP contribution in [0.25, 0.3) is 0 Å². The van der Waals surface area contributed by atoms with Crippen molar-refractivity contribution in [3.63, 3.8) is 0 Å². The minimum Gasteiger partial charge on any atom is -0.352 e. The van der Waals surface area contributed by atoms with Crippen LogP contribution in [0.1, 0.15) is 17.5 Å². The number of hydrogen-bond donors (Lipinski definition) is 2. The number of para-hydroxylation sites is 1. The Hall–Kier alpha value is -2.35. The zero-order valence-electron chi connectivity index (χ0n) is 13.6.